The molecule has 0 radical (unpaired) electrons. The highest BCUT2D eigenvalue weighted by molar-refractivity contribution is 5.94. The second kappa shape index (κ2) is 4.85. The van der Waals surface area contributed by atoms with Crippen molar-refractivity contribution in [3.8, 4) is 0 Å². The molecule has 0 spiro atoms. The number of nitrogens with one attached hydrogen (secondary N) is 2. The fraction of sp³-hybridized carbons (Fsp3) is 0.533. The Morgan fingerprint density at radius 1 is 1.32 bits per heavy atom. The number of nitrogens with two attached hydrogens (primary N) is 1. The lowest BCUT2D eigenvalue weighted by molar-refractivity contribution is 0.1000. The van der Waals surface area contributed by atoms with E-state index in [2.05, 4.69) is 10.6 Å². The van der Waals surface area contributed by atoms with Crippen LogP contribution in [0.3, 0.4) is 0 Å². The second-order valence-electron chi connectivity index (χ2n) is 5.84. The summed E-state index contributed by atoms with van der Waals surface area (Å²) in [5, 5.41) is 7.24. The van der Waals surface area contributed by atoms with Gasteiger partial charge in [-0.1, -0.05) is 0 Å². The number of carbonyl (C=O) groups is 1. The van der Waals surface area contributed by atoms with E-state index in [9.17, 15) is 4.79 Å². The zero-order valence-corrected chi connectivity index (χ0v) is 11.3. The molecule has 0 saturated carbocycles. The molecule has 2 unspecified atom stereocenters. The molecule has 19 heavy (non-hydrogen) atoms. The Morgan fingerprint density at radius 3 is 2.58 bits per heavy atom. The minimum absolute atomic E-state index is 0.357. The number of anilines is 1. The van der Waals surface area contributed by atoms with Gasteiger partial charge in [-0.3, -0.25) is 4.79 Å². The van der Waals surface area contributed by atoms with Crippen LogP contribution in [0.1, 0.15) is 41.6 Å². The lowest BCUT2D eigenvalue weighted by Gasteiger charge is -2.30. The van der Waals surface area contributed by atoms with Gasteiger partial charge in [-0.2, -0.15) is 0 Å². The number of carbonyl (C=O) groups excluding carboxylic acids is 1. The maximum absolute atomic E-state index is 11.2. The lowest BCUT2D eigenvalue weighted by Crippen LogP contribution is -2.43. The second-order valence-corrected chi connectivity index (χ2v) is 5.84. The van der Waals surface area contributed by atoms with Crippen molar-refractivity contribution in [2.75, 3.05) is 5.32 Å². The van der Waals surface area contributed by atoms with Crippen molar-refractivity contribution in [3.63, 3.8) is 0 Å². The molecule has 2 aliphatic heterocycles. The van der Waals surface area contributed by atoms with Crippen LogP contribution in [0.15, 0.2) is 18.2 Å². The molecule has 2 bridgehead atoms. The van der Waals surface area contributed by atoms with Crippen LogP contribution in [0, 0.1) is 6.92 Å². The molecule has 1 aromatic rings. The van der Waals surface area contributed by atoms with Crippen molar-refractivity contribution < 1.29 is 4.79 Å². The fourth-order valence-corrected chi connectivity index (χ4v) is 3.44. The van der Waals surface area contributed by atoms with Gasteiger partial charge in [-0.05, 0) is 56.4 Å². The van der Waals surface area contributed by atoms with Crippen LogP contribution in [-0.2, 0) is 0 Å². The Bertz CT molecular complexity index is 488. The predicted molar refractivity (Wildman–Crippen MR) is 76.3 cm³/mol. The molecule has 2 fully saturated rings. The summed E-state index contributed by atoms with van der Waals surface area (Å²) in [5.41, 5.74) is 7.96. The van der Waals surface area contributed by atoms with Gasteiger partial charge in [-0.15, -0.1) is 0 Å². The average molecular weight is 259 g/mol. The number of piperidine rings is 1. The van der Waals surface area contributed by atoms with Crippen LogP contribution in [0.25, 0.3) is 0 Å². The maximum Gasteiger partial charge on any atom is 0.248 e. The van der Waals surface area contributed by atoms with Crippen molar-refractivity contribution in [2.24, 2.45) is 5.73 Å². The molecule has 3 rings (SSSR count). The van der Waals surface area contributed by atoms with Gasteiger partial charge in [0.1, 0.15) is 0 Å². The molecule has 1 amide bonds. The molecule has 2 atom stereocenters. The Morgan fingerprint density at radius 2 is 2.00 bits per heavy atom. The largest absolute Gasteiger partial charge is 0.382 e. The van der Waals surface area contributed by atoms with Crippen molar-refractivity contribution in [2.45, 2.75) is 50.7 Å². The van der Waals surface area contributed by atoms with E-state index in [-0.39, 0.29) is 5.91 Å². The van der Waals surface area contributed by atoms with Gasteiger partial charge in [0.15, 0.2) is 0 Å². The lowest BCUT2D eigenvalue weighted by atomic mass is 9.99. The number of hydrogen-bond acceptors (Lipinski definition) is 3. The number of hydrogen-bond donors (Lipinski definition) is 3. The first-order valence-corrected chi connectivity index (χ1v) is 7.05. The van der Waals surface area contributed by atoms with Gasteiger partial charge in [-0.25, -0.2) is 0 Å². The highest BCUT2D eigenvalue weighted by Crippen LogP contribution is 2.29. The van der Waals surface area contributed by atoms with E-state index in [1.165, 1.54) is 25.7 Å². The van der Waals surface area contributed by atoms with E-state index in [4.69, 9.17) is 5.73 Å². The first kappa shape index (κ1) is 12.5. The van der Waals surface area contributed by atoms with Gasteiger partial charge in [0.2, 0.25) is 5.91 Å². The van der Waals surface area contributed by atoms with Crippen LogP contribution in [-0.4, -0.2) is 24.0 Å². The van der Waals surface area contributed by atoms with Crippen molar-refractivity contribution >= 4 is 11.6 Å². The van der Waals surface area contributed by atoms with E-state index in [1.54, 1.807) is 0 Å². The summed E-state index contributed by atoms with van der Waals surface area (Å²) >= 11 is 0. The molecule has 4 nitrogen and oxygen atoms in total. The topological polar surface area (TPSA) is 67.2 Å². The van der Waals surface area contributed by atoms with Gasteiger partial charge in [0.25, 0.3) is 0 Å². The third-order valence-corrected chi connectivity index (χ3v) is 4.34. The number of primary amides is 1. The van der Waals surface area contributed by atoms with E-state index < -0.39 is 0 Å². The normalized spacial score (nSPS) is 29.2. The molecule has 2 heterocycles. The third-order valence-electron chi connectivity index (χ3n) is 4.34. The number of aryl methyl sites for hydroxylation is 1. The molecular formula is C15H21N3O. The predicted octanol–water partition coefficient (Wildman–Crippen LogP) is 1.79. The van der Waals surface area contributed by atoms with E-state index in [1.807, 2.05) is 25.1 Å². The summed E-state index contributed by atoms with van der Waals surface area (Å²) in [6.45, 7) is 1.93. The van der Waals surface area contributed by atoms with Crippen LogP contribution in [0.4, 0.5) is 5.69 Å². The fourth-order valence-electron chi connectivity index (χ4n) is 3.44. The number of amides is 1. The minimum atomic E-state index is -0.357. The van der Waals surface area contributed by atoms with E-state index >= 15 is 0 Å². The van der Waals surface area contributed by atoms with Gasteiger partial charge < -0.3 is 16.4 Å². The summed E-state index contributed by atoms with van der Waals surface area (Å²) in [4.78, 5) is 11.2. The van der Waals surface area contributed by atoms with Crippen LogP contribution < -0.4 is 16.4 Å². The smallest absolute Gasteiger partial charge is 0.248 e. The molecule has 4 N–H and O–H groups in total. The van der Waals surface area contributed by atoms with Crippen LogP contribution in [0.2, 0.25) is 0 Å². The zero-order chi connectivity index (χ0) is 13.4. The van der Waals surface area contributed by atoms with Gasteiger partial charge in [0.05, 0.1) is 0 Å². The molecule has 2 saturated heterocycles. The Balaban J connectivity index is 1.70. The highest BCUT2D eigenvalue weighted by Gasteiger charge is 2.33. The Kier molecular flexibility index (Phi) is 3.19. The molecular weight excluding hydrogens is 238 g/mol. The molecule has 2 aliphatic rings. The number of rotatable bonds is 3. The SMILES string of the molecule is Cc1cc(NC2CC3CCC(C2)N3)ccc1C(N)=O. The third kappa shape index (κ3) is 2.59. The summed E-state index contributed by atoms with van der Waals surface area (Å²) in [6.07, 6.45) is 4.99. The number of benzene rings is 1. The molecule has 0 aromatic heterocycles. The quantitative estimate of drug-likeness (QED) is 0.775. The van der Waals surface area contributed by atoms with Crippen LogP contribution >= 0.6 is 0 Å². The van der Waals surface area contributed by atoms with Crippen molar-refractivity contribution in [1.82, 2.24) is 5.32 Å². The zero-order valence-electron chi connectivity index (χ0n) is 11.3. The highest BCUT2D eigenvalue weighted by atomic mass is 16.1. The van der Waals surface area contributed by atoms with Gasteiger partial charge in [0, 0.05) is 29.4 Å². The van der Waals surface area contributed by atoms with Crippen molar-refractivity contribution in [3.05, 3.63) is 29.3 Å². The Hall–Kier alpha value is -1.55. The van der Waals surface area contributed by atoms with Crippen LogP contribution in [0.5, 0.6) is 0 Å². The summed E-state index contributed by atoms with van der Waals surface area (Å²) in [5.74, 6) is -0.357. The Labute approximate surface area is 113 Å². The summed E-state index contributed by atoms with van der Waals surface area (Å²) in [7, 11) is 0. The molecule has 1 aromatic carbocycles. The number of fused-ring (bicyclic) bond motifs is 2. The summed E-state index contributed by atoms with van der Waals surface area (Å²) < 4.78 is 0. The van der Waals surface area contributed by atoms with E-state index in [0.717, 1.165) is 11.3 Å². The first-order chi connectivity index (χ1) is 9.11. The first-order valence-electron chi connectivity index (χ1n) is 7.05. The molecule has 102 valence electrons. The minimum Gasteiger partial charge on any atom is -0.382 e. The van der Waals surface area contributed by atoms with Gasteiger partial charge >= 0.3 is 0 Å². The van der Waals surface area contributed by atoms with Crippen molar-refractivity contribution in [1.29, 1.82) is 0 Å². The average Bonchev–Trinajstić information content (AvgIpc) is 2.68. The maximum atomic E-state index is 11.2. The molecule has 4 heteroatoms. The summed E-state index contributed by atoms with van der Waals surface area (Å²) in [6, 6.07) is 7.69. The van der Waals surface area contributed by atoms with E-state index in [0.29, 0.717) is 23.7 Å². The standard InChI is InChI=1S/C15H21N3O/c1-9-6-10(4-5-14(9)15(16)19)18-13-7-11-2-3-12(8-13)17-11/h4-6,11-13,17-18H,2-3,7-8H2,1H3,(H2,16,19). The monoisotopic (exact) mass is 259 g/mol. The molecule has 0 aliphatic carbocycles.